The minimum atomic E-state index is -0.532. The fraction of sp³-hybridized carbons (Fsp3) is 0.444. The van der Waals surface area contributed by atoms with Crippen LogP contribution in [0, 0.1) is 0 Å². The van der Waals surface area contributed by atoms with E-state index in [1.54, 1.807) is 4.90 Å². The maximum Gasteiger partial charge on any atom is 0.410 e. The number of nitrogens with one attached hydrogen (secondary N) is 2. The van der Waals surface area contributed by atoms with E-state index in [9.17, 15) is 4.79 Å². The average Bonchev–Trinajstić information content (AvgIpc) is 3.83. The zero-order chi connectivity index (χ0) is 30.0. The first-order chi connectivity index (χ1) is 21.3. The molecule has 8 rings (SSSR count). The van der Waals surface area contributed by atoms with E-state index >= 15 is 0 Å². The molecule has 1 saturated carbocycles. The fourth-order valence-electron chi connectivity index (χ4n) is 7.58. The summed E-state index contributed by atoms with van der Waals surface area (Å²) < 4.78 is 12.4. The molecule has 1 aliphatic carbocycles. The van der Waals surface area contributed by atoms with Gasteiger partial charge in [-0.05, 0) is 107 Å². The van der Waals surface area contributed by atoms with Crippen molar-refractivity contribution in [2.75, 3.05) is 18.0 Å². The number of aromatic amines is 2. The van der Waals surface area contributed by atoms with Crippen molar-refractivity contribution in [1.82, 2.24) is 19.9 Å². The van der Waals surface area contributed by atoms with Crippen molar-refractivity contribution in [2.24, 2.45) is 0 Å². The van der Waals surface area contributed by atoms with Crippen molar-refractivity contribution in [3.63, 3.8) is 0 Å². The molecule has 1 saturated heterocycles. The minimum Gasteiger partial charge on any atom is -0.453 e. The molecule has 228 valence electrons. The molecule has 4 aliphatic rings. The van der Waals surface area contributed by atoms with Crippen molar-refractivity contribution in [1.29, 1.82) is 0 Å². The highest BCUT2D eigenvalue weighted by Gasteiger charge is 2.35. The summed E-state index contributed by atoms with van der Waals surface area (Å²) in [6, 6.07) is 15.4. The van der Waals surface area contributed by atoms with E-state index in [1.807, 2.05) is 27.0 Å². The van der Waals surface area contributed by atoms with Gasteiger partial charge in [-0.2, -0.15) is 0 Å². The Morgan fingerprint density at radius 1 is 0.909 bits per heavy atom. The van der Waals surface area contributed by atoms with Gasteiger partial charge in [-0.3, -0.25) is 4.90 Å². The van der Waals surface area contributed by atoms with Crippen LogP contribution in [0.2, 0.25) is 0 Å². The zero-order valence-corrected chi connectivity index (χ0v) is 25.9. The van der Waals surface area contributed by atoms with Gasteiger partial charge >= 0.3 is 6.09 Å². The standard InChI is InChI=1S/C36H41N5O3/c1-36(2,3)44-35(42)41-17-7-11-30(41)34-37-21-28(39-34)25-18-24-10-6-16-40-29-15-12-23(19-31(29)43-32(20-25)33(24)40)27-14-13-26(38-27)22-8-4-5-9-22/h12-15,18-22,30,38H,4-11,16-17H2,1-3H3,(H,37,39)/t30-/m0/s1. The number of carbonyl (C=O) groups excluding carboxylic acids is 1. The fourth-order valence-corrected chi connectivity index (χ4v) is 7.58. The number of amides is 1. The lowest BCUT2D eigenvalue weighted by Crippen LogP contribution is -2.36. The number of ether oxygens (including phenoxy) is 2. The predicted octanol–water partition coefficient (Wildman–Crippen LogP) is 8.99. The smallest absolute Gasteiger partial charge is 0.410 e. The van der Waals surface area contributed by atoms with Crippen molar-refractivity contribution >= 4 is 17.5 Å². The number of rotatable bonds is 4. The number of fused-ring (bicyclic) bond motifs is 2. The number of hydrogen-bond acceptors (Lipinski definition) is 5. The van der Waals surface area contributed by atoms with Gasteiger partial charge in [0.05, 0.1) is 29.3 Å². The van der Waals surface area contributed by atoms with Crippen LogP contribution < -0.4 is 9.64 Å². The van der Waals surface area contributed by atoms with E-state index in [0.29, 0.717) is 12.5 Å². The normalized spacial score (nSPS) is 19.6. The third-order valence-electron chi connectivity index (χ3n) is 9.64. The molecule has 5 heterocycles. The molecule has 0 spiro atoms. The summed E-state index contributed by atoms with van der Waals surface area (Å²) in [5.74, 6) is 3.23. The SMILES string of the molecule is CC(C)(C)OC(=O)N1CCC[C@H]1c1ncc(-c2cc3c4c(c2)Oc2cc(-c5ccc(C6CCCC6)[nH]5)ccc2N4CCC3)[nH]1. The lowest BCUT2D eigenvalue weighted by Gasteiger charge is -2.37. The van der Waals surface area contributed by atoms with Gasteiger partial charge in [0, 0.05) is 35.6 Å². The quantitative estimate of drug-likeness (QED) is 0.247. The molecule has 3 aliphatic heterocycles. The van der Waals surface area contributed by atoms with E-state index in [0.717, 1.165) is 77.8 Å². The minimum absolute atomic E-state index is 0.117. The van der Waals surface area contributed by atoms with Gasteiger partial charge in [0.25, 0.3) is 0 Å². The van der Waals surface area contributed by atoms with Crippen LogP contribution in [0.5, 0.6) is 11.5 Å². The summed E-state index contributed by atoms with van der Waals surface area (Å²) in [6.07, 6.45) is 10.7. The number of aromatic nitrogens is 3. The van der Waals surface area contributed by atoms with Crippen LogP contribution in [0.25, 0.3) is 22.5 Å². The summed E-state index contributed by atoms with van der Waals surface area (Å²) >= 11 is 0. The second-order valence-corrected chi connectivity index (χ2v) is 13.8. The van der Waals surface area contributed by atoms with Crippen LogP contribution in [0.15, 0.2) is 48.7 Å². The van der Waals surface area contributed by atoms with Crippen LogP contribution in [0.4, 0.5) is 16.2 Å². The van der Waals surface area contributed by atoms with Crippen LogP contribution in [-0.2, 0) is 11.2 Å². The molecule has 2 N–H and O–H groups in total. The number of nitrogens with zero attached hydrogens (tertiary/aromatic N) is 3. The highest BCUT2D eigenvalue weighted by Crippen LogP contribution is 2.52. The third kappa shape index (κ3) is 4.84. The molecule has 8 heteroatoms. The Morgan fingerprint density at radius 2 is 1.75 bits per heavy atom. The number of aryl methyl sites for hydroxylation is 1. The summed E-state index contributed by atoms with van der Waals surface area (Å²) in [5.41, 5.74) is 8.70. The van der Waals surface area contributed by atoms with Crippen LogP contribution in [-0.4, -0.2) is 44.6 Å². The molecule has 1 atom stereocenters. The van der Waals surface area contributed by atoms with Gasteiger partial charge in [-0.1, -0.05) is 18.9 Å². The van der Waals surface area contributed by atoms with E-state index in [1.165, 1.54) is 42.6 Å². The van der Waals surface area contributed by atoms with E-state index in [2.05, 4.69) is 57.3 Å². The predicted molar refractivity (Wildman–Crippen MR) is 172 cm³/mol. The Bertz CT molecular complexity index is 1720. The largest absolute Gasteiger partial charge is 0.453 e. The van der Waals surface area contributed by atoms with Gasteiger partial charge in [0.15, 0.2) is 11.5 Å². The molecular weight excluding hydrogens is 550 g/mol. The highest BCUT2D eigenvalue weighted by molar-refractivity contribution is 5.85. The second-order valence-electron chi connectivity index (χ2n) is 13.8. The number of benzene rings is 2. The van der Waals surface area contributed by atoms with Crippen molar-refractivity contribution in [3.05, 3.63) is 65.7 Å². The number of imidazole rings is 1. The lowest BCUT2D eigenvalue weighted by atomic mass is 9.95. The van der Waals surface area contributed by atoms with Crippen LogP contribution in [0.3, 0.4) is 0 Å². The number of carbonyl (C=O) groups is 1. The van der Waals surface area contributed by atoms with E-state index in [-0.39, 0.29) is 12.1 Å². The number of anilines is 2. The summed E-state index contributed by atoms with van der Waals surface area (Å²) in [5, 5.41) is 0. The molecule has 2 aromatic heterocycles. The molecule has 8 nitrogen and oxygen atoms in total. The molecule has 0 bridgehead atoms. The Morgan fingerprint density at radius 3 is 2.59 bits per heavy atom. The number of H-pyrrole nitrogens is 2. The molecule has 2 fully saturated rings. The van der Waals surface area contributed by atoms with Gasteiger partial charge < -0.3 is 24.3 Å². The maximum absolute atomic E-state index is 12.9. The van der Waals surface area contributed by atoms with Crippen molar-refractivity contribution < 1.29 is 14.3 Å². The molecule has 0 unspecified atom stereocenters. The number of hydrogen-bond donors (Lipinski definition) is 2. The first kappa shape index (κ1) is 27.4. The molecule has 44 heavy (non-hydrogen) atoms. The monoisotopic (exact) mass is 591 g/mol. The molecule has 0 radical (unpaired) electrons. The van der Waals surface area contributed by atoms with E-state index in [4.69, 9.17) is 14.5 Å². The van der Waals surface area contributed by atoms with Gasteiger partial charge in [-0.15, -0.1) is 0 Å². The Labute approximate surface area is 258 Å². The van der Waals surface area contributed by atoms with Gasteiger partial charge in [-0.25, -0.2) is 9.78 Å². The second kappa shape index (κ2) is 10.5. The first-order valence-corrected chi connectivity index (χ1v) is 16.3. The van der Waals surface area contributed by atoms with E-state index < -0.39 is 5.60 Å². The number of likely N-dealkylation sites (tertiary alicyclic amines) is 1. The Hall–Kier alpha value is -4.20. The summed E-state index contributed by atoms with van der Waals surface area (Å²) in [7, 11) is 0. The Kier molecular flexibility index (Phi) is 6.50. The first-order valence-electron chi connectivity index (χ1n) is 16.3. The zero-order valence-electron chi connectivity index (χ0n) is 25.9. The Balaban J connectivity index is 1.08. The van der Waals surface area contributed by atoms with Gasteiger partial charge in [0.1, 0.15) is 11.4 Å². The summed E-state index contributed by atoms with van der Waals surface area (Å²) in [6.45, 7) is 7.35. The summed E-state index contributed by atoms with van der Waals surface area (Å²) in [4.78, 5) is 29.2. The molecular formula is C36H41N5O3. The highest BCUT2D eigenvalue weighted by atomic mass is 16.6. The molecule has 1 amide bonds. The topological polar surface area (TPSA) is 86.5 Å². The third-order valence-corrected chi connectivity index (χ3v) is 9.64. The molecule has 2 aromatic carbocycles. The van der Waals surface area contributed by atoms with Crippen LogP contribution in [0.1, 0.15) is 94.8 Å². The molecule has 4 aromatic rings. The van der Waals surface area contributed by atoms with Gasteiger partial charge in [0.2, 0.25) is 0 Å². The van der Waals surface area contributed by atoms with Crippen molar-refractivity contribution in [2.45, 2.75) is 89.7 Å². The lowest BCUT2D eigenvalue weighted by molar-refractivity contribution is 0.0218. The average molecular weight is 592 g/mol. The maximum atomic E-state index is 12.9. The van der Waals surface area contributed by atoms with Crippen LogP contribution >= 0.6 is 0 Å². The van der Waals surface area contributed by atoms with Crippen molar-refractivity contribution in [3.8, 4) is 34.0 Å².